The van der Waals surface area contributed by atoms with Crippen LogP contribution < -0.4 is 10.1 Å². The Morgan fingerprint density at radius 1 is 1.00 bits per heavy atom. The molecule has 1 N–H and O–H groups in total. The van der Waals surface area contributed by atoms with Gasteiger partial charge in [-0.2, -0.15) is 0 Å². The Balaban J connectivity index is 2.01. The van der Waals surface area contributed by atoms with Gasteiger partial charge >= 0.3 is 0 Å². The number of carbonyl (C=O) groups is 1. The van der Waals surface area contributed by atoms with E-state index in [1.54, 1.807) is 13.0 Å². The fourth-order valence-corrected chi connectivity index (χ4v) is 1.68. The standard InChI is InChI=1S/C17H17NO2/c1-3-4-17(19)18-14-7-11-16(12-8-14)20-15-9-5-13(2)6-10-15/h3-12H,1-2H3,(H,18,19)/b4-3+. The number of nitrogens with one attached hydrogen (secondary N) is 1. The molecule has 0 unspecified atom stereocenters. The highest BCUT2D eigenvalue weighted by Crippen LogP contribution is 2.23. The van der Waals surface area contributed by atoms with Gasteiger partial charge in [0, 0.05) is 5.69 Å². The average Bonchev–Trinajstić information content (AvgIpc) is 2.44. The van der Waals surface area contributed by atoms with Crippen LogP contribution >= 0.6 is 0 Å². The average molecular weight is 267 g/mol. The Bertz CT molecular complexity index is 598. The lowest BCUT2D eigenvalue weighted by molar-refractivity contribution is -0.111. The van der Waals surface area contributed by atoms with Crippen molar-refractivity contribution in [2.75, 3.05) is 5.32 Å². The topological polar surface area (TPSA) is 38.3 Å². The molecular weight excluding hydrogens is 250 g/mol. The first kappa shape index (κ1) is 13.9. The van der Waals surface area contributed by atoms with E-state index < -0.39 is 0 Å². The minimum Gasteiger partial charge on any atom is -0.457 e. The summed E-state index contributed by atoms with van der Waals surface area (Å²) in [5.41, 5.74) is 1.93. The van der Waals surface area contributed by atoms with Crippen LogP contribution in [0.3, 0.4) is 0 Å². The molecule has 0 saturated heterocycles. The lowest BCUT2D eigenvalue weighted by Crippen LogP contribution is -2.07. The van der Waals surface area contributed by atoms with Gasteiger partial charge < -0.3 is 10.1 Å². The van der Waals surface area contributed by atoms with E-state index in [2.05, 4.69) is 5.32 Å². The van der Waals surface area contributed by atoms with E-state index in [4.69, 9.17) is 4.74 Å². The predicted molar refractivity (Wildman–Crippen MR) is 81.1 cm³/mol. The van der Waals surface area contributed by atoms with E-state index in [9.17, 15) is 4.79 Å². The molecule has 0 aliphatic carbocycles. The largest absolute Gasteiger partial charge is 0.457 e. The number of aryl methyl sites for hydroxylation is 1. The maximum absolute atomic E-state index is 11.4. The number of carbonyl (C=O) groups excluding carboxylic acids is 1. The van der Waals surface area contributed by atoms with Crippen molar-refractivity contribution >= 4 is 11.6 Å². The number of anilines is 1. The highest BCUT2D eigenvalue weighted by Gasteiger charge is 2.00. The summed E-state index contributed by atoms with van der Waals surface area (Å²) in [6, 6.07) is 15.1. The predicted octanol–water partition coefficient (Wildman–Crippen LogP) is 4.30. The molecule has 102 valence electrons. The highest BCUT2D eigenvalue weighted by molar-refractivity contribution is 5.99. The molecule has 20 heavy (non-hydrogen) atoms. The van der Waals surface area contributed by atoms with E-state index in [0.29, 0.717) is 0 Å². The van der Waals surface area contributed by atoms with Gasteiger partial charge in [-0.1, -0.05) is 23.8 Å². The number of ether oxygens (including phenoxy) is 1. The Kier molecular flexibility index (Phi) is 4.56. The summed E-state index contributed by atoms with van der Waals surface area (Å²) in [7, 11) is 0. The summed E-state index contributed by atoms with van der Waals surface area (Å²) in [4.78, 5) is 11.4. The number of hydrogen-bond acceptors (Lipinski definition) is 2. The second-order valence-electron chi connectivity index (χ2n) is 4.43. The zero-order chi connectivity index (χ0) is 14.4. The third-order valence-corrected chi connectivity index (χ3v) is 2.70. The summed E-state index contributed by atoms with van der Waals surface area (Å²) in [6.07, 6.45) is 3.18. The molecule has 2 aromatic carbocycles. The summed E-state index contributed by atoms with van der Waals surface area (Å²) >= 11 is 0. The molecule has 1 amide bonds. The summed E-state index contributed by atoms with van der Waals surface area (Å²) < 4.78 is 5.71. The van der Waals surface area contributed by atoms with Crippen molar-refractivity contribution in [2.24, 2.45) is 0 Å². The SMILES string of the molecule is C/C=C/C(=O)Nc1ccc(Oc2ccc(C)cc2)cc1. The number of benzene rings is 2. The molecule has 0 saturated carbocycles. The van der Waals surface area contributed by atoms with Crippen LogP contribution in [0.4, 0.5) is 5.69 Å². The van der Waals surface area contributed by atoms with Crippen LogP contribution in [0.1, 0.15) is 12.5 Å². The van der Waals surface area contributed by atoms with Crippen molar-refractivity contribution in [3.8, 4) is 11.5 Å². The smallest absolute Gasteiger partial charge is 0.248 e. The van der Waals surface area contributed by atoms with E-state index in [-0.39, 0.29) is 5.91 Å². The monoisotopic (exact) mass is 267 g/mol. The van der Waals surface area contributed by atoms with Crippen molar-refractivity contribution < 1.29 is 9.53 Å². The highest BCUT2D eigenvalue weighted by atomic mass is 16.5. The fraction of sp³-hybridized carbons (Fsp3) is 0.118. The van der Waals surface area contributed by atoms with Gasteiger partial charge in [-0.3, -0.25) is 4.79 Å². The van der Waals surface area contributed by atoms with Gasteiger partial charge in [0.05, 0.1) is 0 Å². The summed E-state index contributed by atoms with van der Waals surface area (Å²) in [6.45, 7) is 3.84. The zero-order valence-electron chi connectivity index (χ0n) is 11.6. The quantitative estimate of drug-likeness (QED) is 0.839. The molecule has 0 atom stereocenters. The fourth-order valence-electron chi connectivity index (χ4n) is 1.68. The third kappa shape index (κ3) is 3.99. The van der Waals surface area contributed by atoms with Crippen LogP contribution in [-0.2, 0) is 4.79 Å². The molecular formula is C17H17NO2. The first-order chi connectivity index (χ1) is 9.67. The maximum atomic E-state index is 11.4. The van der Waals surface area contributed by atoms with Crippen LogP contribution in [0.15, 0.2) is 60.7 Å². The molecule has 0 bridgehead atoms. The first-order valence-corrected chi connectivity index (χ1v) is 6.45. The second-order valence-corrected chi connectivity index (χ2v) is 4.43. The van der Waals surface area contributed by atoms with E-state index in [0.717, 1.165) is 17.2 Å². The van der Waals surface area contributed by atoms with Crippen LogP contribution in [0.5, 0.6) is 11.5 Å². The van der Waals surface area contributed by atoms with Crippen molar-refractivity contribution in [3.63, 3.8) is 0 Å². The van der Waals surface area contributed by atoms with Crippen LogP contribution in [0.2, 0.25) is 0 Å². The Labute approximate surface area is 118 Å². The van der Waals surface area contributed by atoms with Crippen molar-refractivity contribution in [1.82, 2.24) is 0 Å². The molecule has 0 spiro atoms. The molecule has 3 heteroatoms. The molecule has 0 aromatic heterocycles. The van der Waals surface area contributed by atoms with Crippen LogP contribution in [0.25, 0.3) is 0 Å². The van der Waals surface area contributed by atoms with Crippen LogP contribution in [-0.4, -0.2) is 5.91 Å². The van der Waals surface area contributed by atoms with Gasteiger partial charge in [0.15, 0.2) is 0 Å². The van der Waals surface area contributed by atoms with Crippen molar-refractivity contribution in [1.29, 1.82) is 0 Å². The van der Waals surface area contributed by atoms with E-state index >= 15 is 0 Å². The second kappa shape index (κ2) is 6.57. The van der Waals surface area contributed by atoms with Crippen molar-refractivity contribution in [3.05, 3.63) is 66.2 Å². The lowest BCUT2D eigenvalue weighted by Gasteiger charge is -2.07. The van der Waals surface area contributed by atoms with Gasteiger partial charge in [0.1, 0.15) is 11.5 Å². The molecule has 2 aromatic rings. The van der Waals surface area contributed by atoms with Gasteiger partial charge in [-0.15, -0.1) is 0 Å². The van der Waals surface area contributed by atoms with Gasteiger partial charge in [-0.25, -0.2) is 0 Å². The maximum Gasteiger partial charge on any atom is 0.248 e. The normalized spacial score (nSPS) is 10.5. The minimum atomic E-state index is -0.139. The van der Waals surface area contributed by atoms with Crippen LogP contribution in [0, 0.1) is 6.92 Å². The molecule has 0 aliphatic rings. The summed E-state index contributed by atoms with van der Waals surface area (Å²) in [5, 5.41) is 2.76. The molecule has 0 fully saturated rings. The van der Waals surface area contributed by atoms with Gasteiger partial charge in [-0.05, 0) is 56.3 Å². The number of hydrogen-bond donors (Lipinski definition) is 1. The lowest BCUT2D eigenvalue weighted by atomic mass is 10.2. The Morgan fingerprint density at radius 2 is 1.55 bits per heavy atom. The van der Waals surface area contributed by atoms with Crippen molar-refractivity contribution in [2.45, 2.75) is 13.8 Å². The Hall–Kier alpha value is -2.55. The molecule has 0 aliphatic heterocycles. The van der Waals surface area contributed by atoms with E-state index in [1.165, 1.54) is 11.6 Å². The summed E-state index contributed by atoms with van der Waals surface area (Å²) in [5.74, 6) is 1.39. The molecule has 2 rings (SSSR count). The number of allylic oxidation sites excluding steroid dienone is 1. The molecule has 0 heterocycles. The molecule has 0 radical (unpaired) electrons. The van der Waals surface area contributed by atoms with E-state index in [1.807, 2.05) is 55.5 Å². The van der Waals surface area contributed by atoms with Gasteiger partial charge in [0.2, 0.25) is 5.91 Å². The zero-order valence-corrected chi connectivity index (χ0v) is 11.6. The molecule has 3 nitrogen and oxygen atoms in total. The van der Waals surface area contributed by atoms with Gasteiger partial charge in [0.25, 0.3) is 0 Å². The minimum absolute atomic E-state index is 0.139. The first-order valence-electron chi connectivity index (χ1n) is 6.45. The number of amides is 1. The third-order valence-electron chi connectivity index (χ3n) is 2.70. The number of rotatable bonds is 4. The Morgan fingerprint density at radius 3 is 2.10 bits per heavy atom.